The number of hydrogen-bond donors (Lipinski definition) is 1. The first kappa shape index (κ1) is 11.8. The van der Waals surface area contributed by atoms with Crippen molar-refractivity contribution in [2.45, 2.75) is 0 Å². The lowest BCUT2D eigenvalue weighted by molar-refractivity contribution is 0.906. The molecule has 7 heteroatoms. The predicted octanol–water partition coefficient (Wildman–Crippen LogP) is 2.07. The molecule has 94 valence electrons. The number of halogens is 1. The number of nitrogens with zero attached hydrogens (tertiary/aromatic N) is 5. The first-order valence-corrected chi connectivity index (χ1v) is 6.28. The van der Waals surface area contributed by atoms with Gasteiger partial charge in [-0.3, -0.25) is 4.57 Å². The second-order valence-corrected chi connectivity index (χ2v) is 4.62. The summed E-state index contributed by atoms with van der Waals surface area (Å²) in [5.74, 6) is 1.13. The van der Waals surface area contributed by atoms with E-state index in [9.17, 15) is 0 Å². The van der Waals surface area contributed by atoms with Crippen molar-refractivity contribution in [1.82, 2.24) is 24.5 Å². The highest BCUT2D eigenvalue weighted by molar-refractivity contribution is 9.10. The van der Waals surface area contributed by atoms with Crippen LogP contribution in [0.5, 0.6) is 0 Å². The summed E-state index contributed by atoms with van der Waals surface area (Å²) in [5.41, 5.74) is 6.60. The van der Waals surface area contributed by atoms with Gasteiger partial charge in [-0.1, -0.05) is 34.1 Å². The molecule has 0 radical (unpaired) electrons. The van der Waals surface area contributed by atoms with Crippen molar-refractivity contribution in [3.63, 3.8) is 0 Å². The Morgan fingerprint density at radius 3 is 2.68 bits per heavy atom. The molecule has 0 amide bonds. The molecule has 6 nitrogen and oxygen atoms in total. The van der Waals surface area contributed by atoms with E-state index in [-0.39, 0.29) is 5.95 Å². The Kier molecular flexibility index (Phi) is 2.96. The summed E-state index contributed by atoms with van der Waals surface area (Å²) in [4.78, 5) is 16.6. The number of anilines is 1. The molecule has 0 unspecified atom stereocenters. The normalized spacial score (nSPS) is 10.6. The molecule has 2 heterocycles. The molecule has 1 aromatic carbocycles. The van der Waals surface area contributed by atoms with Crippen molar-refractivity contribution in [2.24, 2.45) is 0 Å². The van der Waals surface area contributed by atoms with Gasteiger partial charge in [-0.05, 0) is 6.07 Å². The van der Waals surface area contributed by atoms with Crippen LogP contribution in [-0.4, -0.2) is 24.5 Å². The Morgan fingerprint density at radius 2 is 1.95 bits per heavy atom. The highest BCUT2D eigenvalue weighted by Gasteiger charge is 2.10. The van der Waals surface area contributed by atoms with Crippen LogP contribution in [0.15, 0.2) is 47.5 Å². The van der Waals surface area contributed by atoms with Crippen molar-refractivity contribution in [2.75, 3.05) is 5.73 Å². The molecular formula is C12H9BrN6. The smallest absolute Gasteiger partial charge is 0.240 e. The standard InChI is InChI=1S/C12H9BrN6/c13-9-4-2-1-3-8(9)10-16-11(14)18-12(17-10)19-6-5-15-7-19/h1-7H,(H2,14,16,17,18). The van der Waals surface area contributed by atoms with Crippen LogP contribution >= 0.6 is 15.9 Å². The van der Waals surface area contributed by atoms with Gasteiger partial charge < -0.3 is 5.73 Å². The molecule has 0 spiro atoms. The average Bonchev–Trinajstić information content (AvgIpc) is 2.92. The van der Waals surface area contributed by atoms with Crippen molar-refractivity contribution in [3.8, 4) is 17.3 Å². The van der Waals surface area contributed by atoms with E-state index in [0.717, 1.165) is 10.0 Å². The van der Waals surface area contributed by atoms with E-state index in [1.165, 1.54) is 0 Å². The third kappa shape index (κ3) is 2.32. The van der Waals surface area contributed by atoms with E-state index in [0.29, 0.717) is 11.8 Å². The van der Waals surface area contributed by atoms with E-state index in [1.807, 2.05) is 24.3 Å². The van der Waals surface area contributed by atoms with Crippen LogP contribution in [-0.2, 0) is 0 Å². The topological polar surface area (TPSA) is 82.5 Å². The van der Waals surface area contributed by atoms with E-state index in [4.69, 9.17) is 5.73 Å². The van der Waals surface area contributed by atoms with Crippen molar-refractivity contribution in [3.05, 3.63) is 47.5 Å². The van der Waals surface area contributed by atoms with Gasteiger partial charge in [0.2, 0.25) is 11.9 Å². The maximum Gasteiger partial charge on any atom is 0.240 e. The fourth-order valence-electron chi connectivity index (χ4n) is 1.64. The summed E-state index contributed by atoms with van der Waals surface area (Å²) in [5, 5.41) is 0. The molecule has 0 atom stereocenters. The molecule has 0 aliphatic carbocycles. The number of nitrogen functional groups attached to an aromatic ring is 1. The van der Waals surface area contributed by atoms with Crippen LogP contribution in [0.1, 0.15) is 0 Å². The molecule has 19 heavy (non-hydrogen) atoms. The van der Waals surface area contributed by atoms with Gasteiger partial charge in [-0.2, -0.15) is 15.0 Å². The molecule has 0 fully saturated rings. The summed E-state index contributed by atoms with van der Waals surface area (Å²) in [7, 11) is 0. The summed E-state index contributed by atoms with van der Waals surface area (Å²) in [6.45, 7) is 0. The van der Waals surface area contributed by atoms with Gasteiger partial charge in [0, 0.05) is 22.4 Å². The lowest BCUT2D eigenvalue weighted by atomic mass is 10.2. The Labute approximate surface area is 117 Å². The van der Waals surface area contributed by atoms with Crippen LogP contribution in [0.2, 0.25) is 0 Å². The number of benzene rings is 1. The summed E-state index contributed by atoms with van der Waals surface area (Å²) >= 11 is 3.47. The van der Waals surface area contributed by atoms with Gasteiger partial charge in [-0.25, -0.2) is 4.98 Å². The molecule has 0 aliphatic rings. The monoisotopic (exact) mass is 316 g/mol. The first-order chi connectivity index (χ1) is 9.24. The average molecular weight is 317 g/mol. The van der Waals surface area contributed by atoms with Crippen molar-refractivity contribution < 1.29 is 0 Å². The van der Waals surface area contributed by atoms with Gasteiger partial charge in [0.1, 0.15) is 6.33 Å². The van der Waals surface area contributed by atoms with Gasteiger partial charge in [0.05, 0.1) is 0 Å². The van der Waals surface area contributed by atoms with Gasteiger partial charge in [0.15, 0.2) is 5.82 Å². The van der Waals surface area contributed by atoms with E-state index in [1.54, 1.807) is 23.3 Å². The van der Waals surface area contributed by atoms with Crippen molar-refractivity contribution >= 4 is 21.9 Å². The molecule has 3 rings (SSSR count). The van der Waals surface area contributed by atoms with Crippen LogP contribution in [0.25, 0.3) is 17.3 Å². The first-order valence-electron chi connectivity index (χ1n) is 5.49. The molecule has 2 aromatic heterocycles. The number of imidazole rings is 1. The second-order valence-electron chi connectivity index (χ2n) is 3.77. The third-order valence-electron chi connectivity index (χ3n) is 2.49. The molecule has 0 saturated carbocycles. The van der Waals surface area contributed by atoms with Crippen LogP contribution in [0.3, 0.4) is 0 Å². The number of aromatic nitrogens is 5. The highest BCUT2D eigenvalue weighted by Crippen LogP contribution is 2.25. The Bertz CT molecular complexity index is 710. The number of rotatable bonds is 2. The minimum atomic E-state index is 0.171. The molecule has 0 saturated heterocycles. The van der Waals surface area contributed by atoms with E-state index in [2.05, 4.69) is 35.9 Å². The minimum absolute atomic E-state index is 0.171. The Hall–Kier alpha value is -2.28. The largest absolute Gasteiger partial charge is 0.368 e. The van der Waals surface area contributed by atoms with Gasteiger partial charge in [-0.15, -0.1) is 0 Å². The number of hydrogen-bond acceptors (Lipinski definition) is 5. The zero-order valence-corrected chi connectivity index (χ0v) is 11.3. The summed E-state index contributed by atoms with van der Waals surface area (Å²) in [6.07, 6.45) is 5.01. The van der Waals surface area contributed by atoms with E-state index >= 15 is 0 Å². The van der Waals surface area contributed by atoms with Crippen LogP contribution in [0, 0.1) is 0 Å². The minimum Gasteiger partial charge on any atom is -0.368 e. The Morgan fingerprint density at radius 1 is 1.11 bits per heavy atom. The van der Waals surface area contributed by atoms with E-state index < -0.39 is 0 Å². The molecule has 0 bridgehead atoms. The fraction of sp³-hybridized carbons (Fsp3) is 0. The molecular weight excluding hydrogens is 308 g/mol. The zero-order chi connectivity index (χ0) is 13.2. The molecule has 3 aromatic rings. The predicted molar refractivity (Wildman–Crippen MR) is 74.5 cm³/mol. The lowest BCUT2D eigenvalue weighted by Gasteiger charge is -2.06. The quantitative estimate of drug-likeness (QED) is 0.782. The summed E-state index contributed by atoms with van der Waals surface area (Å²) in [6, 6.07) is 7.68. The summed E-state index contributed by atoms with van der Waals surface area (Å²) < 4.78 is 2.58. The lowest BCUT2D eigenvalue weighted by Crippen LogP contribution is -2.06. The third-order valence-corrected chi connectivity index (χ3v) is 3.18. The van der Waals surface area contributed by atoms with Crippen molar-refractivity contribution in [1.29, 1.82) is 0 Å². The van der Waals surface area contributed by atoms with Crippen LogP contribution < -0.4 is 5.73 Å². The Balaban J connectivity index is 2.16. The van der Waals surface area contributed by atoms with Crippen LogP contribution in [0.4, 0.5) is 5.95 Å². The zero-order valence-electron chi connectivity index (χ0n) is 9.73. The maximum absolute atomic E-state index is 5.74. The number of nitrogens with two attached hydrogens (primary N) is 1. The highest BCUT2D eigenvalue weighted by atomic mass is 79.9. The molecule has 0 aliphatic heterocycles. The molecule has 2 N–H and O–H groups in total. The maximum atomic E-state index is 5.74. The second kappa shape index (κ2) is 4.77. The SMILES string of the molecule is Nc1nc(-c2ccccc2Br)nc(-n2ccnc2)n1. The fourth-order valence-corrected chi connectivity index (χ4v) is 2.10. The van der Waals surface area contributed by atoms with Gasteiger partial charge in [0.25, 0.3) is 0 Å². The van der Waals surface area contributed by atoms with Gasteiger partial charge >= 0.3 is 0 Å².